The first-order chi connectivity index (χ1) is 6.53. The average Bonchev–Trinajstić information content (AvgIpc) is 2.65. The first-order valence-corrected chi connectivity index (χ1v) is 4.99. The summed E-state index contributed by atoms with van der Waals surface area (Å²) < 4.78 is 1.90. The molecule has 1 aromatic heterocycles. The zero-order valence-corrected chi connectivity index (χ0v) is 9.57. The topological polar surface area (TPSA) is 55.6 Å². The predicted molar refractivity (Wildman–Crippen MR) is 54.9 cm³/mol. The molecular formula is C9H19N5. The molecule has 0 saturated heterocycles. The summed E-state index contributed by atoms with van der Waals surface area (Å²) in [5.41, 5.74) is -0.0239. The van der Waals surface area contributed by atoms with Gasteiger partial charge in [-0.15, -0.1) is 5.10 Å². The van der Waals surface area contributed by atoms with E-state index in [1.54, 1.807) is 0 Å². The Hall–Kier alpha value is -0.970. The second kappa shape index (κ2) is 4.04. The molecule has 0 bridgehead atoms. The van der Waals surface area contributed by atoms with E-state index in [1.165, 1.54) is 0 Å². The molecule has 5 nitrogen and oxygen atoms in total. The third kappa shape index (κ3) is 1.92. The monoisotopic (exact) mass is 197 g/mol. The van der Waals surface area contributed by atoms with Crippen molar-refractivity contribution in [2.75, 3.05) is 7.05 Å². The molecule has 0 aliphatic heterocycles. The van der Waals surface area contributed by atoms with Crippen molar-refractivity contribution in [3.05, 3.63) is 5.82 Å². The number of hydrogen-bond acceptors (Lipinski definition) is 4. The predicted octanol–water partition coefficient (Wildman–Crippen LogP) is 1.10. The molecule has 0 aliphatic carbocycles. The van der Waals surface area contributed by atoms with E-state index in [9.17, 15) is 0 Å². The number of hydrogen-bond donors (Lipinski definition) is 1. The lowest BCUT2D eigenvalue weighted by Gasteiger charge is -2.25. The minimum absolute atomic E-state index is 0.0239. The summed E-state index contributed by atoms with van der Waals surface area (Å²) in [4.78, 5) is 0. The van der Waals surface area contributed by atoms with Crippen LogP contribution >= 0.6 is 0 Å². The van der Waals surface area contributed by atoms with Gasteiger partial charge in [-0.3, -0.25) is 0 Å². The minimum Gasteiger partial charge on any atom is -0.311 e. The fraction of sp³-hybridized carbons (Fsp3) is 0.889. The van der Waals surface area contributed by atoms with Gasteiger partial charge in [0.1, 0.15) is 0 Å². The lowest BCUT2D eigenvalue weighted by molar-refractivity contribution is 0.284. The van der Waals surface area contributed by atoms with Crippen LogP contribution in [-0.2, 0) is 5.54 Å². The highest BCUT2D eigenvalue weighted by molar-refractivity contribution is 4.93. The van der Waals surface area contributed by atoms with E-state index in [0.717, 1.165) is 12.2 Å². The summed E-state index contributed by atoms with van der Waals surface area (Å²) in [6, 6.07) is 0.177. The Morgan fingerprint density at radius 1 is 1.50 bits per heavy atom. The van der Waals surface area contributed by atoms with Crippen molar-refractivity contribution in [1.29, 1.82) is 0 Å². The van der Waals surface area contributed by atoms with E-state index in [2.05, 4.69) is 41.6 Å². The van der Waals surface area contributed by atoms with Gasteiger partial charge in [0.2, 0.25) is 0 Å². The van der Waals surface area contributed by atoms with Crippen LogP contribution in [0.5, 0.6) is 0 Å². The maximum atomic E-state index is 4.04. The Morgan fingerprint density at radius 2 is 2.14 bits per heavy atom. The molecule has 1 N–H and O–H groups in total. The molecule has 1 aromatic rings. The Morgan fingerprint density at radius 3 is 2.64 bits per heavy atom. The molecule has 0 saturated carbocycles. The normalized spacial score (nSPS) is 14.4. The summed E-state index contributed by atoms with van der Waals surface area (Å²) in [5.74, 6) is 0.888. The molecule has 0 radical (unpaired) electrons. The molecule has 0 amide bonds. The van der Waals surface area contributed by atoms with Crippen molar-refractivity contribution < 1.29 is 0 Å². The van der Waals surface area contributed by atoms with Crippen LogP contribution in [0.1, 0.15) is 46.0 Å². The van der Waals surface area contributed by atoms with Crippen LogP contribution in [0.4, 0.5) is 0 Å². The van der Waals surface area contributed by atoms with Crippen LogP contribution in [0, 0.1) is 0 Å². The van der Waals surface area contributed by atoms with E-state index in [0.29, 0.717) is 0 Å². The quantitative estimate of drug-likeness (QED) is 0.785. The molecule has 1 atom stereocenters. The van der Waals surface area contributed by atoms with E-state index >= 15 is 0 Å². The lowest BCUT2D eigenvalue weighted by atomic mass is 10.0. The molecule has 14 heavy (non-hydrogen) atoms. The summed E-state index contributed by atoms with van der Waals surface area (Å²) in [5, 5.41) is 15.0. The number of rotatable bonds is 4. The van der Waals surface area contributed by atoms with Gasteiger partial charge in [0.25, 0.3) is 0 Å². The molecule has 0 aliphatic rings. The average molecular weight is 197 g/mol. The highest BCUT2D eigenvalue weighted by Crippen LogP contribution is 2.21. The van der Waals surface area contributed by atoms with Gasteiger partial charge in [0, 0.05) is 0 Å². The summed E-state index contributed by atoms with van der Waals surface area (Å²) in [6.45, 7) is 8.45. The molecule has 5 heteroatoms. The van der Waals surface area contributed by atoms with Crippen LogP contribution in [0.25, 0.3) is 0 Å². The van der Waals surface area contributed by atoms with E-state index in [4.69, 9.17) is 0 Å². The molecule has 1 rings (SSSR count). The third-order valence-electron chi connectivity index (χ3n) is 2.75. The molecule has 80 valence electrons. The molecule has 1 heterocycles. The second-order valence-corrected chi connectivity index (χ2v) is 4.13. The van der Waals surface area contributed by atoms with Crippen molar-refractivity contribution in [3.8, 4) is 0 Å². The van der Waals surface area contributed by atoms with E-state index in [1.807, 2.05) is 18.7 Å². The van der Waals surface area contributed by atoms with Crippen molar-refractivity contribution >= 4 is 0 Å². The Bertz CT molecular complexity index is 291. The van der Waals surface area contributed by atoms with Crippen molar-refractivity contribution in [2.45, 2.75) is 45.7 Å². The fourth-order valence-corrected chi connectivity index (χ4v) is 1.17. The molecule has 1 unspecified atom stereocenters. The smallest absolute Gasteiger partial charge is 0.168 e. The maximum absolute atomic E-state index is 4.04. The first kappa shape index (κ1) is 11.1. The molecular weight excluding hydrogens is 178 g/mol. The van der Waals surface area contributed by atoms with E-state index < -0.39 is 0 Å². The highest BCUT2D eigenvalue weighted by Gasteiger charge is 2.25. The zero-order valence-electron chi connectivity index (χ0n) is 9.57. The van der Waals surface area contributed by atoms with Crippen molar-refractivity contribution in [3.63, 3.8) is 0 Å². The molecule has 0 fully saturated rings. The van der Waals surface area contributed by atoms with Crippen LogP contribution in [0.2, 0.25) is 0 Å². The number of nitrogens with one attached hydrogen (secondary N) is 1. The number of tetrazole rings is 1. The number of aromatic nitrogens is 4. The Balaban J connectivity index is 3.04. The fourth-order valence-electron chi connectivity index (χ4n) is 1.17. The summed E-state index contributed by atoms with van der Waals surface area (Å²) in [6.07, 6.45) is 1.00. The first-order valence-electron chi connectivity index (χ1n) is 4.99. The standard InChI is InChI=1S/C9H19N5/c1-6-9(3,4)14-8(7(2)10-5)11-12-13-14/h7,10H,6H2,1-5H3. The molecule has 0 aromatic carbocycles. The van der Waals surface area contributed by atoms with Crippen molar-refractivity contribution in [1.82, 2.24) is 25.5 Å². The van der Waals surface area contributed by atoms with Gasteiger partial charge in [0.15, 0.2) is 5.82 Å². The highest BCUT2D eigenvalue weighted by atomic mass is 15.6. The van der Waals surface area contributed by atoms with E-state index in [-0.39, 0.29) is 11.6 Å². The Kier molecular flexibility index (Phi) is 3.21. The summed E-state index contributed by atoms with van der Waals surface area (Å²) in [7, 11) is 1.91. The van der Waals surface area contributed by atoms with Gasteiger partial charge >= 0.3 is 0 Å². The summed E-state index contributed by atoms with van der Waals surface area (Å²) >= 11 is 0. The SMILES string of the molecule is CCC(C)(C)n1nnnc1C(C)NC. The van der Waals surface area contributed by atoms with Crippen LogP contribution in [0.3, 0.4) is 0 Å². The minimum atomic E-state index is -0.0239. The van der Waals surface area contributed by atoms with Gasteiger partial charge < -0.3 is 5.32 Å². The van der Waals surface area contributed by atoms with Gasteiger partial charge in [-0.1, -0.05) is 6.92 Å². The zero-order chi connectivity index (χ0) is 10.8. The van der Waals surface area contributed by atoms with Gasteiger partial charge in [0.05, 0.1) is 11.6 Å². The Labute approximate surface area is 84.9 Å². The third-order valence-corrected chi connectivity index (χ3v) is 2.75. The maximum Gasteiger partial charge on any atom is 0.168 e. The second-order valence-electron chi connectivity index (χ2n) is 4.13. The van der Waals surface area contributed by atoms with Crippen LogP contribution < -0.4 is 5.32 Å². The van der Waals surface area contributed by atoms with Crippen LogP contribution in [-0.4, -0.2) is 27.3 Å². The van der Waals surface area contributed by atoms with Gasteiger partial charge in [-0.2, -0.15) is 0 Å². The van der Waals surface area contributed by atoms with Crippen molar-refractivity contribution in [2.24, 2.45) is 0 Å². The van der Waals surface area contributed by atoms with Gasteiger partial charge in [-0.05, 0) is 44.7 Å². The lowest BCUT2D eigenvalue weighted by Crippen LogP contribution is -2.31. The van der Waals surface area contributed by atoms with Crippen LogP contribution in [0.15, 0.2) is 0 Å². The van der Waals surface area contributed by atoms with Gasteiger partial charge in [-0.25, -0.2) is 4.68 Å². The molecule has 0 spiro atoms. The largest absolute Gasteiger partial charge is 0.311 e. The number of nitrogens with zero attached hydrogens (tertiary/aromatic N) is 4.